The highest BCUT2D eigenvalue weighted by molar-refractivity contribution is 5.71. The van der Waals surface area contributed by atoms with Gasteiger partial charge in [0.05, 0.1) is 0 Å². The fourth-order valence-electron chi connectivity index (χ4n) is 1.28. The van der Waals surface area contributed by atoms with Crippen LogP contribution in [-0.2, 0) is 11.2 Å². The first-order valence-electron chi connectivity index (χ1n) is 4.89. The summed E-state index contributed by atoms with van der Waals surface area (Å²) < 4.78 is 1.54. The molecule has 0 bridgehead atoms. The Bertz CT molecular complexity index is 324. The number of carboxylic acids is 1. The van der Waals surface area contributed by atoms with Crippen molar-refractivity contribution in [3.8, 4) is 0 Å². The van der Waals surface area contributed by atoms with Crippen molar-refractivity contribution in [3.63, 3.8) is 0 Å². The van der Waals surface area contributed by atoms with Crippen LogP contribution >= 0.6 is 0 Å². The molecule has 1 heterocycles. The third-order valence-electron chi connectivity index (χ3n) is 2.23. The van der Waals surface area contributed by atoms with Crippen LogP contribution in [-0.4, -0.2) is 37.6 Å². The zero-order valence-corrected chi connectivity index (χ0v) is 8.63. The summed E-state index contributed by atoms with van der Waals surface area (Å²) in [6, 6.07) is -0.649. The van der Waals surface area contributed by atoms with Gasteiger partial charge in [-0.1, -0.05) is 0 Å². The second-order valence-electron chi connectivity index (χ2n) is 3.35. The zero-order chi connectivity index (χ0) is 11.3. The van der Waals surface area contributed by atoms with Gasteiger partial charge in [-0.25, -0.2) is 4.79 Å². The predicted molar refractivity (Wildman–Crippen MR) is 52.4 cm³/mol. The molecule has 0 aliphatic rings. The molecule has 2 N–H and O–H groups in total. The normalized spacial score (nSPS) is 12.7. The summed E-state index contributed by atoms with van der Waals surface area (Å²) >= 11 is 0. The van der Waals surface area contributed by atoms with E-state index in [1.54, 1.807) is 11.5 Å². The number of hydrogen-bond donors (Lipinski definition) is 2. The molecule has 15 heavy (non-hydrogen) atoms. The van der Waals surface area contributed by atoms with Crippen molar-refractivity contribution in [2.75, 3.05) is 6.61 Å². The second-order valence-corrected chi connectivity index (χ2v) is 3.35. The number of aliphatic carboxylic acids is 1. The van der Waals surface area contributed by atoms with Gasteiger partial charge < -0.3 is 14.8 Å². The van der Waals surface area contributed by atoms with E-state index >= 15 is 0 Å². The minimum absolute atomic E-state index is 0.141. The van der Waals surface area contributed by atoms with E-state index in [1.165, 1.54) is 6.33 Å². The van der Waals surface area contributed by atoms with Crippen molar-refractivity contribution in [1.29, 1.82) is 0 Å². The summed E-state index contributed by atoms with van der Waals surface area (Å²) in [4.78, 5) is 10.8. The predicted octanol–water partition coefficient (Wildman–Crippen LogP) is 0.239. The van der Waals surface area contributed by atoms with Crippen molar-refractivity contribution in [1.82, 2.24) is 14.8 Å². The number of aliphatic hydroxyl groups is 1. The van der Waals surface area contributed by atoms with Gasteiger partial charge in [0, 0.05) is 13.0 Å². The maximum atomic E-state index is 10.8. The molecule has 0 fully saturated rings. The van der Waals surface area contributed by atoms with Crippen LogP contribution in [0.15, 0.2) is 6.33 Å². The van der Waals surface area contributed by atoms with E-state index in [-0.39, 0.29) is 6.61 Å². The van der Waals surface area contributed by atoms with Crippen LogP contribution in [0.3, 0.4) is 0 Å². The van der Waals surface area contributed by atoms with Gasteiger partial charge in [0.1, 0.15) is 18.2 Å². The molecule has 1 unspecified atom stereocenters. The molecule has 1 rings (SSSR count). The summed E-state index contributed by atoms with van der Waals surface area (Å²) in [6.07, 6.45) is 3.53. The van der Waals surface area contributed by atoms with E-state index in [1.807, 2.05) is 0 Å². The molecule has 0 aromatic carbocycles. The molecule has 0 spiro atoms. The van der Waals surface area contributed by atoms with Crippen LogP contribution in [0, 0.1) is 0 Å². The standard InChI is InChI=1S/C9H15N3O3/c1-7(9(14)15)12-6-10-11-8(12)4-2-3-5-13/h6-7,13H,2-5H2,1H3,(H,14,15). The molecule has 0 saturated heterocycles. The number of aryl methyl sites for hydroxylation is 1. The Morgan fingerprint density at radius 3 is 2.93 bits per heavy atom. The summed E-state index contributed by atoms with van der Waals surface area (Å²) in [5.74, 6) is -0.253. The Hall–Kier alpha value is -1.43. The molecule has 0 amide bonds. The fraction of sp³-hybridized carbons (Fsp3) is 0.667. The highest BCUT2D eigenvalue weighted by Gasteiger charge is 2.16. The number of nitrogens with zero attached hydrogens (tertiary/aromatic N) is 3. The summed E-state index contributed by atoms with van der Waals surface area (Å²) in [5, 5.41) is 25.0. The van der Waals surface area contributed by atoms with Crippen LogP contribution in [0.25, 0.3) is 0 Å². The molecule has 84 valence electrons. The molecule has 6 heteroatoms. The van der Waals surface area contributed by atoms with E-state index in [9.17, 15) is 4.79 Å². The average Bonchev–Trinajstić information content (AvgIpc) is 2.65. The third-order valence-corrected chi connectivity index (χ3v) is 2.23. The van der Waals surface area contributed by atoms with Gasteiger partial charge in [0.25, 0.3) is 0 Å². The van der Waals surface area contributed by atoms with E-state index < -0.39 is 12.0 Å². The summed E-state index contributed by atoms with van der Waals surface area (Å²) in [5.41, 5.74) is 0. The van der Waals surface area contributed by atoms with Crippen LogP contribution in [0.1, 0.15) is 31.6 Å². The van der Waals surface area contributed by atoms with Crippen molar-refractivity contribution < 1.29 is 15.0 Å². The lowest BCUT2D eigenvalue weighted by atomic mass is 10.2. The lowest BCUT2D eigenvalue weighted by molar-refractivity contribution is -0.140. The van der Waals surface area contributed by atoms with Gasteiger partial charge >= 0.3 is 5.97 Å². The Kier molecular flexibility index (Phi) is 4.23. The molecule has 1 aromatic rings. The molecule has 0 radical (unpaired) electrons. The van der Waals surface area contributed by atoms with Gasteiger partial charge in [-0.05, 0) is 19.8 Å². The molecule has 1 atom stereocenters. The lowest BCUT2D eigenvalue weighted by Gasteiger charge is -2.10. The van der Waals surface area contributed by atoms with Crippen LogP contribution in [0.2, 0.25) is 0 Å². The molecule has 0 aliphatic heterocycles. The molecule has 1 aromatic heterocycles. The first-order chi connectivity index (χ1) is 7.16. The number of aromatic nitrogens is 3. The Balaban J connectivity index is 2.64. The van der Waals surface area contributed by atoms with Gasteiger partial charge in [-0.15, -0.1) is 10.2 Å². The van der Waals surface area contributed by atoms with Crippen LogP contribution in [0.4, 0.5) is 0 Å². The number of aliphatic hydroxyl groups excluding tert-OH is 1. The van der Waals surface area contributed by atoms with Crippen molar-refractivity contribution >= 4 is 5.97 Å². The van der Waals surface area contributed by atoms with Crippen LogP contribution in [0.5, 0.6) is 0 Å². The summed E-state index contributed by atoms with van der Waals surface area (Å²) in [7, 11) is 0. The van der Waals surface area contributed by atoms with Gasteiger partial charge in [0.15, 0.2) is 0 Å². The highest BCUT2D eigenvalue weighted by atomic mass is 16.4. The SMILES string of the molecule is CC(C(=O)O)n1cnnc1CCCCO. The first kappa shape index (κ1) is 11.6. The van der Waals surface area contributed by atoms with Gasteiger partial charge in [0.2, 0.25) is 0 Å². The summed E-state index contributed by atoms with van der Waals surface area (Å²) in [6.45, 7) is 1.73. The number of unbranched alkanes of at least 4 members (excludes halogenated alkanes) is 1. The Labute approximate surface area is 87.6 Å². The zero-order valence-electron chi connectivity index (χ0n) is 8.63. The maximum Gasteiger partial charge on any atom is 0.326 e. The van der Waals surface area contributed by atoms with E-state index in [4.69, 9.17) is 10.2 Å². The first-order valence-corrected chi connectivity index (χ1v) is 4.89. The van der Waals surface area contributed by atoms with E-state index in [0.717, 1.165) is 6.42 Å². The number of carbonyl (C=O) groups is 1. The minimum Gasteiger partial charge on any atom is -0.480 e. The van der Waals surface area contributed by atoms with Crippen molar-refractivity contribution in [3.05, 3.63) is 12.2 Å². The fourth-order valence-corrected chi connectivity index (χ4v) is 1.28. The smallest absolute Gasteiger partial charge is 0.326 e. The highest BCUT2D eigenvalue weighted by Crippen LogP contribution is 2.10. The Morgan fingerprint density at radius 1 is 1.60 bits per heavy atom. The minimum atomic E-state index is -0.904. The van der Waals surface area contributed by atoms with Crippen molar-refractivity contribution in [2.45, 2.75) is 32.2 Å². The third kappa shape index (κ3) is 3.02. The molecular formula is C9H15N3O3. The van der Waals surface area contributed by atoms with E-state index in [0.29, 0.717) is 18.7 Å². The van der Waals surface area contributed by atoms with Gasteiger partial charge in [-0.3, -0.25) is 0 Å². The molecule has 0 aliphatic carbocycles. The second kappa shape index (κ2) is 5.45. The Morgan fingerprint density at radius 2 is 2.33 bits per heavy atom. The average molecular weight is 213 g/mol. The number of hydrogen-bond acceptors (Lipinski definition) is 4. The number of carboxylic acid groups (broad SMARTS) is 1. The van der Waals surface area contributed by atoms with Crippen molar-refractivity contribution in [2.24, 2.45) is 0 Å². The monoisotopic (exact) mass is 213 g/mol. The molecular weight excluding hydrogens is 198 g/mol. The van der Waals surface area contributed by atoms with Crippen LogP contribution < -0.4 is 0 Å². The molecule has 6 nitrogen and oxygen atoms in total. The molecule has 0 saturated carbocycles. The number of rotatable bonds is 6. The van der Waals surface area contributed by atoms with E-state index in [2.05, 4.69) is 10.2 Å². The topological polar surface area (TPSA) is 88.2 Å². The largest absolute Gasteiger partial charge is 0.480 e. The lowest BCUT2D eigenvalue weighted by Crippen LogP contribution is -2.17. The maximum absolute atomic E-state index is 10.8. The van der Waals surface area contributed by atoms with Gasteiger partial charge in [-0.2, -0.15) is 0 Å². The quantitative estimate of drug-likeness (QED) is 0.661.